The number of benzene rings is 5. The molecule has 0 spiro atoms. The summed E-state index contributed by atoms with van der Waals surface area (Å²) in [6, 6.07) is 41.7. The zero-order valence-electron chi connectivity index (χ0n) is 26.8. The lowest BCUT2D eigenvalue weighted by molar-refractivity contribution is -0.121. The fourth-order valence-corrected chi connectivity index (χ4v) is 7.72. The Morgan fingerprint density at radius 2 is 1.33 bits per heavy atom. The maximum Gasteiger partial charge on any atom is 0.407 e. The lowest BCUT2D eigenvalue weighted by Gasteiger charge is -2.37. The van der Waals surface area contributed by atoms with E-state index in [0.717, 1.165) is 27.8 Å². The lowest BCUT2D eigenvalue weighted by Crippen LogP contribution is -2.47. The summed E-state index contributed by atoms with van der Waals surface area (Å²) in [6.07, 6.45) is 0.130. The highest BCUT2D eigenvalue weighted by Crippen LogP contribution is 2.45. The lowest BCUT2D eigenvalue weighted by atomic mass is 9.77. The van der Waals surface area contributed by atoms with Gasteiger partial charge in [0, 0.05) is 33.6 Å². The maximum atomic E-state index is 14.0. The Bertz CT molecular complexity index is 2020. The number of amides is 2. The predicted molar refractivity (Wildman–Crippen MR) is 195 cm³/mol. The van der Waals surface area contributed by atoms with Crippen LogP contribution in [0, 0.1) is 5.92 Å². The van der Waals surface area contributed by atoms with Gasteiger partial charge in [0.25, 0.3) is 0 Å². The molecule has 1 aromatic heterocycles. The van der Waals surface area contributed by atoms with Crippen molar-refractivity contribution in [3.8, 4) is 11.1 Å². The Morgan fingerprint density at radius 1 is 0.776 bits per heavy atom. The number of hydrogen-bond acceptors (Lipinski definition) is 3. The van der Waals surface area contributed by atoms with Gasteiger partial charge in [-0.05, 0) is 66.3 Å². The minimum Gasteiger partial charge on any atom is -0.465 e. The first-order chi connectivity index (χ1) is 23.8. The second-order valence-corrected chi connectivity index (χ2v) is 13.3. The Balaban J connectivity index is 1.48. The molecule has 246 valence electrons. The van der Waals surface area contributed by atoms with Crippen molar-refractivity contribution in [2.45, 2.75) is 31.3 Å². The fourth-order valence-electron chi connectivity index (χ4n) is 7.11. The molecule has 0 radical (unpaired) electrons. The number of rotatable bonds is 7. The van der Waals surface area contributed by atoms with Gasteiger partial charge < -0.3 is 15.3 Å². The van der Waals surface area contributed by atoms with Crippen molar-refractivity contribution in [2.75, 3.05) is 11.9 Å². The molecule has 2 atom stereocenters. The molecular formula is C40H34Cl2N4O3. The van der Waals surface area contributed by atoms with Crippen LogP contribution in [-0.2, 0) is 10.3 Å². The molecule has 1 aliphatic heterocycles. The molecule has 2 N–H and O–H groups in total. The number of aromatic nitrogens is 2. The molecule has 1 fully saturated rings. The normalized spacial score (nSPS) is 16.4. The quantitative estimate of drug-likeness (QED) is 0.164. The minimum atomic E-state index is -1.03. The van der Waals surface area contributed by atoms with Gasteiger partial charge in [-0.1, -0.05) is 126 Å². The van der Waals surface area contributed by atoms with E-state index in [-0.39, 0.29) is 18.5 Å². The highest BCUT2D eigenvalue weighted by Gasteiger charge is 2.41. The van der Waals surface area contributed by atoms with Crippen LogP contribution < -0.4 is 5.32 Å². The van der Waals surface area contributed by atoms with Crippen LogP contribution in [0.2, 0.25) is 10.0 Å². The average molecular weight is 690 g/mol. The Morgan fingerprint density at radius 3 is 1.86 bits per heavy atom. The number of anilines is 1. The van der Waals surface area contributed by atoms with Crippen molar-refractivity contribution >= 4 is 51.9 Å². The second-order valence-electron chi connectivity index (χ2n) is 12.4. The van der Waals surface area contributed by atoms with Gasteiger partial charge >= 0.3 is 6.09 Å². The highest BCUT2D eigenvalue weighted by molar-refractivity contribution is 6.39. The summed E-state index contributed by atoms with van der Waals surface area (Å²) >= 11 is 13.4. The van der Waals surface area contributed by atoms with Gasteiger partial charge in [-0.25, -0.2) is 9.48 Å². The zero-order chi connectivity index (χ0) is 34.1. The number of piperidine rings is 1. The highest BCUT2D eigenvalue weighted by atomic mass is 35.5. The van der Waals surface area contributed by atoms with Gasteiger partial charge in [0.05, 0.1) is 11.4 Å². The molecule has 0 unspecified atom stereocenters. The Labute approximate surface area is 294 Å². The smallest absolute Gasteiger partial charge is 0.407 e. The molecular weight excluding hydrogens is 655 g/mol. The van der Waals surface area contributed by atoms with Crippen molar-refractivity contribution in [3.63, 3.8) is 0 Å². The van der Waals surface area contributed by atoms with Crippen molar-refractivity contribution in [1.29, 1.82) is 0 Å². The van der Waals surface area contributed by atoms with Crippen LogP contribution in [0.25, 0.3) is 22.0 Å². The number of fused-ring (bicyclic) bond motifs is 1. The van der Waals surface area contributed by atoms with Gasteiger partial charge in [-0.3, -0.25) is 4.79 Å². The van der Waals surface area contributed by atoms with E-state index in [1.54, 1.807) is 18.2 Å². The molecule has 6 aromatic rings. The van der Waals surface area contributed by atoms with Gasteiger partial charge in [0.15, 0.2) is 5.82 Å². The Kier molecular flexibility index (Phi) is 8.88. The summed E-state index contributed by atoms with van der Waals surface area (Å²) < 4.78 is 1.99. The van der Waals surface area contributed by atoms with E-state index >= 15 is 0 Å². The van der Waals surface area contributed by atoms with Crippen LogP contribution in [0.5, 0.6) is 0 Å². The van der Waals surface area contributed by atoms with Gasteiger partial charge in [-0.2, -0.15) is 5.10 Å². The van der Waals surface area contributed by atoms with E-state index in [4.69, 9.17) is 28.3 Å². The van der Waals surface area contributed by atoms with Crippen LogP contribution in [0.15, 0.2) is 127 Å². The van der Waals surface area contributed by atoms with Crippen LogP contribution in [0.3, 0.4) is 0 Å². The summed E-state index contributed by atoms with van der Waals surface area (Å²) in [6.45, 7) is 1.98. The monoisotopic (exact) mass is 688 g/mol. The molecule has 1 saturated heterocycles. The third-order valence-electron chi connectivity index (χ3n) is 9.56. The molecule has 49 heavy (non-hydrogen) atoms. The first kappa shape index (κ1) is 32.4. The largest absolute Gasteiger partial charge is 0.465 e. The number of carboxylic acid groups (broad SMARTS) is 1. The summed E-state index contributed by atoms with van der Waals surface area (Å²) in [5.74, 6) is -0.455. The first-order valence-electron chi connectivity index (χ1n) is 16.2. The maximum absolute atomic E-state index is 14.0. The third kappa shape index (κ3) is 5.83. The number of nitrogens with one attached hydrogen (secondary N) is 1. The standard InChI is InChI=1S/C40H34Cl2N4O3/c1-26-20-21-28(25-45(26)39(48)49)38(47)43-37-32-24-27(36-33(41)18-11-19-34(36)42)22-23-35(32)46(44-37)40(29-12-5-2-6-13-29,30-14-7-3-8-15-30)31-16-9-4-10-17-31/h2-19,22-24,26,28H,20-21,25H2,1H3,(H,48,49)(H,43,44,47)/t26-,28-/m1/s1. The van der Waals surface area contributed by atoms with Crippen molar-refractivity contribution in [1.82, 2.24) is 14.7 Å². The third-order valence-corrected chi connectivity index (χ3v) is 10.2. The topological polar surface area (TPSA) is 87.5 Å². The van der Waals surface area contributed by atoms with Gasteiger partial charge in [-0.15, -0.1) is 0 Å². The summed E-state index contributed by atoms with van der Waals surface area (Å²) in [5, 5.41) is 19.9. The van der Waals surface area contributed by atoms with Gasteiger partial charge in [0.1, 0.15) is 5.54 Å². The molecule has 7 rings (SSSR count). The zero-order valence-corrected chi connectivity index (χ0v) is 28.3. The van der Waals surface area contributed by atoms with Crippen molar-refractivity contribution in [2.24, 2.45) is 5.92 Å². The SMILES string of the molecule is C[C@@H]1CC[C@@H](C(=O)Nc2nn(C(c3ccccc3)(c3ccccc3)c3ccccc3)c3ccc(-c4c(Cl)cccc4Cl)cc23)CN1C(=O)O. The molecule has 7 nitrogen and oxygen atoms in total. The number of carbonyl (C=O) groups excluding carboxylic acids is 1. The molecule has 0 bridgehead atoms. The molecule has 2 amide bonds. The molecule has 0 aliphatic carbocycles. The summed E-state index contributed by atoms with van der Waals surface area (Å²) in [4.78, 5) is 27.3. The number of halogens is 2. The summed E-state index contributed by atoms with van der Waals surface area (Å²) in [5.41, 5.74) is 4.20. The van der Waals surface area contributed by atoms with Crippen LogP contribution in [0.4, 0.5) is 10.6 Å². The van der Waals surface area contributed by atoms with E-state index < -0.39 is 17.6 Å². The number of likely N-dealkylation sites (tertiary alicyclic amines) is 1. The minimum absolute atomic E-state index is 0.115. The number of hydrogen-bond donors (Lipinski definition) is 2. The molecule has 9 heteroatoms. The van der Waals surface area contributed by atoms with E-state index in [0.29, 0.717) is 39.7 Å². The predicted octanol–water partition coefficient (Wildman–Crippen LogP) is 9.57. The number of nitrogens with zero attached hydrogens (tertiary/aromatic N) is 3. The number of carbonyl (C=O) groups is 2. The van der Waals surface area contributed by atoms with E-state index in [1.165, 1.54) is 4.90 Å². The van der Waals surface area contributed by atoms with Crippen molar-refractivity contribution < 1.29 is 14.7 Å². The molecule has 5 aromatic carbocycles. The second kappa shape index (κ2) is 13.4. The van der Waals surface area contributed by atoms with Gasteiger partial charge in [0.2, 0.25) is 5.91 Å². The average Bonchev–Trinajstić information content (AvgIpc) is 3.47. The summed E-state index contributed by atoms with van der Waals surface area (Å²) in [7, 11) is 0. The molecule has 2 heterocycles. The van der Waals surface area contributed by atoms with Crippen LogP contribution in [-0.4, -0.2) is 44.4 Å². The van der Waals surface area contributed by atoms with Crippen LogP contribution >= 0.6 is 23.2 Å². The first-order valence-corrected chi connectivity index (χ1v) is 17.0. The van der Waals surface area contributed by atoms with Crippen molar-refractivity contribution in [3.05, 3.63) is 154 Å². The van der Waals surface area contributed by atoms with E-state index in [1.807, 2.05) is 84.4 Å². The fraction of sp³-hybridized carbons (Fsp3) is 0.175. The van der Waals surface area contributed by atoms with Crippen LogP contribution in [0.1, 0.15) is 36.5 Å². The van der Waals surface area contributed by atoms with E-state index in [2.05, 4.69) is 41.7 Å². The molecule has 1 aliphatic rings. The Hall–Kier alpha value is -5.11. The van der Waals surface area contributed by atoms with E-state index in [9.17, 15) is 14.7 Å². The molecule has 0 saturated carbocycles.